The van der Waals surface area contributed by atoms with E-state index in [0.29, 0.717) is 6.10 Å². The summed E-state index contributed by atoms with van der Waals surface area (Å²) < 4.78 is 6.56. The molecule has 64 valence electrons. The molecule has 0 unspecified atom stereocenters. The smallest absolute Gasteiger partial charge is 0.228 e. The number of hydrogen-bond acceptors (Lipinski definition) is 2. The SMILES string of the molecule is Brc1cccnc1OC1CCC1. The maximum atomic E-state index is 5.62. The summed E-state index contributed by atoms with van der Waals surface area (Å²) in [6, 6.07) is 3.83. The molecule has 1 heterocycles. The second kappa shape index (κ2) is 3.44. The van der Waals surface area contributed by atoms with Gasteiger partial charge in [0.1, 0.15) is 6.10 Å². The molecule has 1 aromatic heterocycles. The van der Waals surface area contributed by atoms with Crippen LogP contribution in [0.25, 0.3) is 0 Å². The normalized spacial score (nSPS) is 17.1. The van der Waals surface area contributed by atoms with E-state index in [4.69, 9.17) is 4.74 Å². The molecule has 0 aliphatic heterocycles. The Hall–Kier alpha value is -0.570. The maximum absolute atomic E-state index is 5.62. The van der Waals surface area contributed by atoms with E-state index in [1.54, 1.807) is 6.20 Å². The van der Waals surface area contributed by atoms with Gasteiger partial charge in [0.25, 0.3) is 0 Å². The lowest BCUT2D eigenvalue weighted by Crippen LogP contribution is -2.25. The molecule has 3 heteroatoms. The summed E-state index contributed by atoms with van der Waals surface area (Å²) in [5.74, 6) is 0.724. The summed E-state index contributed by atoms with van der Waals surface area (Å²) in [6.07, 6.45) is 5.77. The van der Waals surface area contributed by atoms with Gasteiger partial charge >= 0.3 is 0 Å². The monoisotopic (exact) mass is 227 g/mol. The highest BCUT2D eigenvalue weighted by molar-refractivity contribution is 9.10. The van der Waals surface area contributed by atoms with E-state index in [-0.39, 0.29) is 0 Å². The zero-order valence-corrected chi connectivity index (χ0v) is 8.25. The Kier molecular flexibility index (Phi) is 2.30. The largest absolute Gasteiger partial charge is 0.474 e. The number of aromatic nitrogens is 1. The van der Waals surface area contributed by atoms with Crippen LogP contribution < -0.4 is 4.74 Å². The lowest BCUT2D eigenvalue weighted by Gasteiger charge is -2.25. The first-order valence-corrected chi connectivity index (χ1v) is 4.93. The molecule has 0 N–H and O–H groups in total. The highest BCUT2D eigenvalue weighted by Crippen LogP contribution is 2.28. The lowest BCUT2D eigenvalue weighted by atomic mass is 9.96. The van der Waals surface area contributed by atoms with Crippen LogP contribution in [0.1, 0.15) is 19.3 Å². The fourth-order valence-corrected chi connectivity index (χ4v) is 1.45. The Morgan fingerprint density at radius 2 is 2.33 bits per heavy atom. The van der Waals surface area contributed by atoms with Crippen LogP contribution in [0.3, 0.4) is 0 Å². The van der Waals surface area contributed by atoms with Gasteiger partial charge in [-0.1, -0.05) is 0 Å². The third-order valence-corrected chi connectivity index (χ3v) is 2.66. The van der Waals surface area contributed by atoms with E-state index in [2.05, 4.69) is 20.9 Å². The van der Waals surface area contributed by atoms with Gasteiger partial charge in [-0.25, -0.2) is 4.98 Å². The second-order valence-electron chi connectivity index (χ2n) is 2.96. The average Bonchev–Trinajstić information content (AvgIpc) is 2.00. The van der Waals surface area contributed by atoms with Crippen molar-refractivity contribution in [1.29, 1.82) is 0 Å². The molecule has 1 aliphatic rings. The Morgan fingerprint density at radius 1 is 1.50 bits per heavy atom. The molecule has 0 aromatic carbocycles. The number of rotatable bonds is 2. The van der Waals surface area contributed by atoms with Gasteiger partial charge in [-0.2, -0.15) is 0 Å². The van der Waals surface area contributed by atoms with Gasteiger partial charge in [0.15, 0.2) is 0 Å². The zero-order valence-electron chi connectivity index (χ0n) is 6.66. The minimum absolute atomic E-state index is 0.399. The van der Waals surface area contributed by atoms with E-state index in [0.717, 1.165) is 10.4 Å². The molecule has 12 heavy (non-hydrogen) atoms. The standard InChI is InChI=1S/C9H10BrNO/c10-8-5-2-6-11-9(8)12-7-3-1-4-7/h2,5-7H,1,3-4H2. The predicted octanol–water partition coefficient (Wildman–Crippen LogP) is 2.78. The minimum atomic E-state index is 0.399. The zero-order chi connectivity index (χ0) is 8.39. The second-order valence-corrected chi connectivity index (χ2v) is 3.82. The first kappa shape index (κ1) is 8.05. The molecular weight excluding hydrogens is 218 g/mol. The first-order chi connectivity index (χ1) is 5.86. The molecule has 2 nitrogen and oxygen atoms in total. The van der Waals surface area contributed by atoms with Crippen LogP contribution in [0.4, 0.5) is 0 Å². The molecule has 2 rings (SSSR count). The molecule has 0 amide bonds. The number of pyridine rings is 1. The van der Waals surface area contributed by atoms with Crippen molar-refractivity contribution in [3.05, 3.63) is 22.8 Å². The molecule has 0 spiro atoms. The minimum Gasteiger partial charge on any atom is -0.474 e. The van der Waals surface area contributed by atoms with Gasteiger partial charge in [-0.3, -0.25) is 0 Å². The van der Waals surface area contributed by atoms with Gasteiger partial charge in [0.2, 0.25) is 5.88 Å². The predicted molar refractivity (Wildman–Crippen MR) is 50.2 cm³/mol. The van der Waals surface area contributed by atoms with Crippen molar-refractivity contribution in [2.45, 2.75) is 25.4 Å². The number of halogens is 1. The van der Waals surface area contributed by atoms with E-state index in [1.807, 2.05) is 12.1 Å². The number of hydrogen-bond donors (Lipinski definition) is 0. The van der Waals surface area contributed by atoms with Gasteiger partial charge < -0.3 is 4.74 Å². The summed E-state index contributed by atoms with van der Waals surface area (Å²) in [6.45, 7) is 0. The van der Waals surface area contributed by atoms with Gasteiger partial charge in [-0.15, -0.1) is 0 Å². The van der Waals surface area contributed by atoms with Crippen LogP contribution in [0, 0.1) is 0 Å². The maximum Gasteiger partial charge on any atom is 0.228 e. The summed E-state index contributed by atoms with van der Waals surface area (Å²) in [5.41, 5.74) is 0. The Labute approximate surface area is 80.1 Å². The van der Waals surface area contributed by atoms with Crippen molar-refractivity contribution in [1.82, 2.24) is 4.98 Å². The van der Waals surface area contributed by atoms with Crippen LogP contribution >= 0.6 is 15.9 Å². The van der Waals surface area contributed by atoms with Crippen molar-refractivity contribution < 1.29 is 4.74 Å². The van der Waals surface area contributed by atoms with E-state index >= 15 is 0 Å². The van der Waals surface area contributed by atoms with Crippen LogP contribution in [0.15, 0.2) is 22.8 Å². The van der Waals surface area contributed by atoms with Crippen molar-refractivity contribution in [3.8, 4) is 5.88 Å². The third-order valence-electron chi connectivity index (χ3n) is 2.06. The quantitative estimate of drug-likeness (QED) is 0.776. The molecule has 0 bridgehead atoms. The molecule has 0 atom stereocenters. The van der Waals surface area contributed by atoms with E-state index < -0.39 is 0 Å². The molecule has 1 saturated carbocycles. The van der Waals surface area contributed by atoms with Gasteiger partial charge in [0, 0.05) is 6.20 Å². The summed E-state index contributed by atoms with van der Waals surface area (Å²) in [7, 11) is 0. The van der Waals surface area contributed by atoms with Crippen molar-refractivity contribution in [2.24, 2.45) is 0 Å². The highest BCUT2D eigenvalue weighted by atomic mass is 79.9. The summed E-state index contributed by atoms with van der Waals surface area (Å²) >= 11 is 3.39. The fourth-order valence-electron chi connectivity index (χ4n) is 1.10. The van der Waals surface area contributed by atoms with Crippen LogP contribution in [0.5, 0.6) is 5.88 Å². The van der Waals surface area contributed by atoms with Crippen molar-refractivity contribution in [2.75, 3.05) is 0 Å². The van der Waals surface area contributed by atoms with Crippen LogP contribution in [-0.4, -0.2) is 11.1 Å². The van der Waals surface area contributed by atoms with Gasteiger partial charge in [0.05, 0.1) is 4.47 Å². The molecule has 1 fully saturated rings. The van der Waals surface area contributed by atoms with E-state index in [9.17, 15) is 0 Å². The van der Waals surface area contributed by atoms with Crippen LogP contribution in [0.2, 0.25) is 0 Å². The molecule has 1 aromatic rings. The average molecular weight is 228 g/mol. The molecular formula is C9H10BrNO. The third kappa shape index (κ3) is 1.61. The topological polar surface area (TPSA) is 22.1 Å². The molecule has 1 aliphatic carbocycles. The molecule has 0 radical (unpaired) electrons. The van der Waals surface area contributed by atoms with Crippen LogP contribution in [-0.2, 0) is 0 Å². The highest BCUT2D eigenvalue weighted by Gasteiger charge is 2.20. The Balaban J connectivity index is 2.06. The Morgan fingerprint density at radius 3 is 2.92 bits per heavy atom. The summed E-state index contributed by atoms with van der Waals surface area (Å²) in [5, 5.41) is 0. The summed E-state index contributed by atoms with van der Waals surface area (Å²) in [4.78, 5) is 4.13. The van der Waals surface area contributed by atoms with Gasteiger partial charge in [-0.05, 0) is 47.3 Å². The van der Waals surface area contributed by atoms with Crippen molar-refractivity contribution in [3.63, 3.8) is 0 Å². The lowest BCUT2D eigenvalue weighted by molar-refractivity contribution is 0.113. The molecule has 0 saturated heterocycles. The van der Waals surface area contributed by atoms with Crippen molar-refractivity contribution >= 4 is 15.9 Å². The number of nitrogens with zero attached hydrogens (tertiary/aromatic N) is 1. The number of ether oxygens (including phenoxy) is 1. The first-order valence-electron chi connectivity index (χ1n) is 4.13. The van der Waals surface area contributed by atoms with E-state index in [1.165, 1.54) is 19.3 Å². The Bertz CT molecular complexity index is 273. The fraction of sp³-hybridized carbons (Fsp3) is 0.444.